The van der Waals surface area contributed by atoms with Crippen molar-refractivity contribution >= 4 is 28.7 Å². The van der Waals surface area contributed by atoms with Crippen molar-refractivity contribution in [2.45, 2.75) is 40.2 Å². The van der Waals surface area contributed by atoms with Gasteiger partial charge >= 0.3 is 0 Å². The molecule has 0 radical (unpaired) electrons. The molecule has 0 fully saturated rings. The van der Waals surface area contributed by atoms with Crippen molar-refractivity contribution in [2.24, 2.45) is 5.41 Å². The van der Waals surface area contributed by atoms with Crippen molar-refractivity contribution in [1.82, 2.24) is 10.2 Å². The topological polar surface area (TPSA) is 40.7 Å². The number of aromatic nitrogens is 2. The summed E-state index contributed by atoms with van der Waals surface area (Å²) in [5.74, 6) is 0. The van der Waals surface area contributed by atoms with Gasteiger partial charge in [0.2, 0.25) is 5.13 Å². The quantitative estimate of drug-likeness (QED) is 0.783. The highest BCUT2D eigenvalue weighted by Crippen LogP contribution is 2.23. The van der Waals surface area contributed by atoms with Crippen LogP contribution >= 0.6 is 23.6 Å². The first-order valence-electron chi connectivity index (χ1n) is 4.69. The van der Waals surface area contributed by atoms with Crippen LogP contribution in [-0.2, 0) is 0 Å². The highest BCUT2D eigenvalue weighted by atomic mass is 32.1. The van der Waals surface area contributed by atoms with Crippen LogP contribution in [0.15, 0.2) is 0 Å². The van der Waals surface area contributed by atoms with E-state index >= 15 is 0 Å². The van der Waals surface area contributed by atoms with E-state index in [1.807, 2.05) is 0 Å². The van der Waals surface area contributed by atoms with E-state index in [0.29, 0.717) is 11.5 Å². The largest absolute Gasteiger partial charge is 0.358 e. The molecule has 0 aromatic carbocycles. The zero-order valence-electron chi connectivity index (χ0n) is 9.05. The molecule has 1 aromatic rings. The monoisotopic (exact) mass is 231 g/mol. The second kappa shape index (κ2) is 4.40. The van der Waals surface area contributed by atoms with Crippen LogP contribution in [0.2, 0.25) is 0 Å². The van der Waals surface area contributed by atoms with E-state index in [2.05, 4.69) is 43.2 Å². The van der Waals surface area contributed by atoms with Crippen LogP contribution in [0.3, 0.4) is 0 Å². The minimum absolute atomic E-state index is 0.337. The van der Waals surface area contributed by atoms with Crippen molar-refractivity contribution in [3.8, 4) is 0 Å². The number of nitrogens with one attached hydrogen (secondary N) is 2. The third-order valence-corrected chi connectivity index (χ3v) is 2.75. The summed E-state index contributed by atoms with van der Waals surface area (Å²) < 4.78 is 0.718. The van der Waals surface area contributed by atoms with Crippen LogP contribution in [0.4, 0.5) is 5.13 Å². The lowest BCUT2D eigenvalue weighted by molar-refractivity contribution is 0.358. The molecular weight excluding hydrogens is 214 g/mol. The summed E-state index contributed by atoms with van der Waals surface area (Å²) in [5.41, 5.74) is 0.337. The molecule has 80 valence electrons. The molecule has 0 aliphatic rings. The molecule has 1 unspecified atom stereocenters. The second-order valence-electron chi connectivity index (χ2n) is 4.73. The number of H-pyrrole nitrogens is 1. The average molecular weight is 231 g/mol. The van der Waals surface area contributed by atoms with Gasteiger partial charge in [-0.05, 0) is 31.0 Å². The number of hydrogen-bond acceptors (Lipinski definition) is 4. The van der Waals surface area contributed by atoms with E-state index in [0.717, 1.165) is 15.5 Å². The standard InChI is InChI=1S/C9H17N3S2/c1-6(5-9(2,3)4)10-7-11-12-8(13)14-7/h6H,5H2,1-4H3,(H,10,11)(H,12,13). The van der Waals surface area contributed by atoms with Crippen LogP contribution in [0.1, 0.15) is 34.1 Å². The molecule has 2 N–H and O–H groups in total. The van der Waals surface area contributed by atoms with E-state index < -0.39 is 0 Å². The summed E-state index contributed by atoms with van der Waals surface area (Å²) in [5, 5.41) is 11.0. The Hall–Kier alpha value is -0.420. The molecule has 5 heteroatoms. The van der Waals surface area contributed by atoms with Gasteiger partial charge in [0.15, 0.2) is 3.95 Å². The van der Waals surface area contributed by atoms with Crippen molar-refractivity contribution < 1.29 is 0 Å². The van der Waals surface area contributed by atoms with E-state index in [-0.39, 0.29) is 0 Å². The molecule has 1 aromatic heterocycles. The fourth-order valence-corrected chi connectivity index (χ4v) is 2.37. The highest BCUT2D eigenvalue weighted by Gasteiger charge is 2.15. The number of anilines is 1. The summed E-state index contributed by atoms with van der Waals surface area (Å²) in [6.45, 7) is 8.86. The Bertz CT molecular complexity index is 334. The smallest absolute Gasteiger partial charge is 0.204 e. The van der Waals surface area contributed by atoms with E-state index in [1.54, 1.807) is 0 Å². The number of hydrogen-bond donors (Lipinski definition) is 2. The molecule has 1 rings (SSSR count). The third kappa shape index (κ3) is 4.19. The third-order valence-electron chi connectivity index (χ3n) is 1.73. The Labute approximate surface area is 93.9 Å². The second-order valence-corrected chi connectivity index (χ2v) is 6.39. The van der Waals surface area contributed by atoms with Crippen molar-refractivity contribution in [2.75, 3.05) is 5.32 Å². The molecule has 0 saturated heterocycles. The maximum Gasteiger partial charge on any atom is 0.204 e. The van der Waals surface area contributed by atoms with Crippen molar-refractivity contribution in [3.05, 3.63) is 3.95 Å². The maximum absolute atomic E-state index is 4.96. The zero-order chi connectivity index (χ0) is 10.8. The van der Waals surface area contributed by atoms with Crippen LogP contribution in [0.25, 0.3) is 0 Å². The van der Waals surface area contributed by atoms with Crippen LogP contribution in [0, 0.1) is 9.37 Å². The predicted octanol–water partition coefficient (Wildman–Crippen LogP) is 3.44. The van der Waals surface area contributed by atoms with Gasteiger partial charge in [-0.2, -0.15) is 0 Å². The summed E-state index contributed by atoms with van der Waals surface area (Å²) in [6, 6.07) is 0.420. The van der Waals surface area contributed by atoms with E-state index in [1.165, 1.54) is 11.3 Å². The fraction of sp³-hybridized carbons (Fsp3) is 0.778. The molecular formula is C9H17N3S2. The maximum atomic E-state index is 4.96. The lowest BCUT2D eigenvalue weighted by Crippen LogP contribution is -2.22. The van der Waals surface area contributed by atoms with Crippen LogP contribution in [-0.4, -0.2) is 16.2 Å². The van der Waals surface area contributed by atoms with Gasteiger partial charge in [0.25, 0.3) is 0 Å². The first-order valence-corrected chi connectivity index (χ1v) is 5.91. The van der Waals surface area contributed by atoms with Crippen molar-refractivity contribution in [3.63, 3.8) is 0 Å². The molecule has 0 bridgehead atoms. The van der Waals surface area contributed by atoms with Gasteiger partial charge in [-0.25, -0.2) is 0 Å². The Kier molecular flexibility index (Phi) is 3.66. The first-order chi connectivity index (χ1) is 6.37. The lowest BCUT2D eigenvalue weighted by Gasteiger charge is -2.23. The normalized spacial score (nSPS) is 14.0. The molecule has 1 atom stereocenters. The molecule has 14 heavy (non-hydrogen) atoms. The van der Waals surface area contributed by atoms with Crippen molar-refractivity contribution in [1.29, 1.82) is 0 Å². The number of nitrogens with zero attached hydrogens (tertiary/aromatic N) is 1. The van der Waals surface area contributed by atoms with E-state index in [9.17, 15) is 0 Å². The zero-order valence-corrected chi connectivity index (χ0v) is 10.7. The van der Waals surface area contributed by atoms with Gasteiger partial charge in [-0.3, -0.25) is 5.10 Å². The SMILES string of the molecule is CC(CC(C)(C)C)Nc1n[nH]c(=S)s1. The molecule has 1 heterocycles. The summed E-state index contributed by atoms with van der Waals surface area (Å²) in [7, 11) is 0. The molecule has 3 nitrogen and oxygen atoms in total. The number of aromatic amines is 1. The molecule has 0 saturated carbocycles. The summed E-state index contributed by atoms with van der Waals surface area (Å²) in [4.78, 5) is 0. The minimum atomic E-state index is 0.337. The molecule has 0 aliphatic heterocycles. The Morgan fingerprint density at radius 1 is 1.57 bits per heavy atom. The first kappa shape index (κ1) is 11.7. The van der Waals surface area contributed by atoms with Gasteiger partial charge in [-0.1, -0.05) is 32.1 Å². The van der Waals surface area contributed by atoms with E-state index in [4.69, 9.17) is 12.2 Å². The van der Waals surface area contributed by atoms with Gasteiger partial charge in [0.05, 0.1) is 0 Å². The Morgan fingerprint density at radius 2 is 2.21 bits per heavy atom. The van der Waals surface area contributed by atoms with Gasteiger partial charge in [0.1, 0.15) is 0 Å². The molecule has 0 aliphatic carbocycles. The van der Waals surface area contributed by atoms with Crippen LogP contribution < -0.4 is 5.32 Å². The van der Waals surface area contributed by atoms with Gasteiger partial charge < -0.3 is 5.32 Å². The summed E-state index contributed by atoms with van der Waals surface area (Å²) >= 11 is 6.43. The lowest BCUT2D eigenvalue weighted by atomic mass is 9.89. The average Bonchev–Trinajstić information content (AvgIpc) is 2.30. The van der Waals surface area contributed by atoms with Gasteiger partial charge in [-0.15, -0.1) is 5.10 Å². The fourth-order valence-electron chi connectivity index (χ4n) is 1.47. The minimum Gasteiger partial charge on any atom is -0.358 e. The highest BCUT2D eigenvalue weighted by molar-refractivity contribution is 7.73. The van der Waals surface area contributed by atoms with Gasteiger partial charge in [0, 0.05) is 6.04 Å². The summed E-state index contributed by atoms with van der Waals surface area (Å²) in [6.07, 6.45) is 1.11. The van der Waals surface area contributed by atoms with Crippen LogP contribution in [0.5, 0.6) is 0 Å². The predicted molar refractivity (Wildman–Crippen MR) is 64.5 cm³/mol. The molecule has 0 spiro atoms. The Balaban J connectivity index is 2.49. The molecule has 0 amide bonds. The Morgan fingerprint density at radius 3 is 2.64 bits per heavy atom. The number of rotatable bonds is 3.